The van der Waals surface area contributed by atoms with E-state index >= 15 is 0 Å². The second kappa shape index (κ2) is 6.78. The van der Waals surface area contributed by atoms with Gasteiger partial charge in [-0.05, 0) is 38.1 Å². The molecule has 0 bridgehead atoms. The number of anilines is 1. The molecule has 5 nitrogen and oxygen atoms in total. The molecule has 21 heavy (non-hydrogen) atoms. The summed E-state index contributed by atoms with van der Waals surface area (Å²) < 4.78 is 0. The van der Waals surface area contributed by atoms with Gasteiger partial charge in [0.25, 0.3) is 5.56 Å². The lowest BCUT2D eigenvalue weighted by Gasteiger charge is -2.06. The number of thioether (sulfide) groups is 1. The van der Waals surface area contributed by atoms with Gasteiger partial charge in [-0.3, -0.25) is 9.59 Å². The van der Waals surface area contributed by atoms with Crippen LogP contribution in [-0.4, -0.2) is 21.6 Å². The minimum absolute atomic E-state index is 0.161. The van der Waals surface area contributed by atoms with Crippen molar-refractivity contribution in [3.8, 4) is 0 Å². The fraction of sp³-hybridized carbons (Fsp3) is 0.214. The lowest BCUT2D eigenvalue weighted by molar-refractivity contribution is -0.113. The fourth-order valence-corrected chi connectivity index (χ4v) is 2.38. The molecule has 0 fully saturated rings. The molecule has 1 aromatic carbocycles. The Bertz CT molecular complexity index is 713. The highest BCUT2D eigenvalue weighted by Gasteiger charge is 2.08. The van der Waals surface area contributed by atoms with Gasteiger partial charge >= 0.3 is 0 Å². The SMILES string of the molecule is Cc1nc(SCC(=O)Nc2ccc(Cl)cc2)[nH]c(=O)c1C. The number of carbonyl (C=O) groups is 1. The number of aryl methyl sites for hydroxylation is 1. The van der Waals surface area contributed by atoms with E-state index in [2.05, 4.69) is 15.3 Å². The van der Waals surface area contributed by atoms with Crippen LogP contribution >= 0.6 is 23.4 Å². The van der Waals surface area contributed by atoms with E-state index in [1.165, 1.54) is 11.8 Å². The predicted octanol–water partition coefficient (Wildman–Crippen LogP) is 2.77. The van der Waals surface area contributed by atoms with E-state index in [4.69, 9.17) is 11.6 Å². The number of aromatic nitrogens is 2. The van der Waals surface area contributed by atoms with Gasteiger partial charge in [0.1, 0.15) is 0 Å². The Morgan fingerprint density at radius 3 is 2.62 bits per heavy atom. The topological polar surface area (TPSA) is 74.8 Å². The van der Waals surface area contributed by atoms with Gasteiger partial charge in [-0.1, -0.05) is 23.4 Å². The largest absolute Gasteiger partial charge is 0.325 e. The summed E-state index contributed by atoms with van der Waals surface area (Å²) in [6, 6.07) is 6.85. The van der Waals surface area contributed by atoms with Crippen molar-refractivity contribution < 1.29 is 4.79 Å². The molecule has 0 unspecified atom stereocenters. The standard InChI is InChI=1S/C14H14ClN3O2S/c1-8-9(2)16-14(18-13(8)20)21-7-12(19)17-11-5-3-10(15)4-6-11/h3-6H,7H2,1-2H3,(H,17,19)(H,16,18,20). The van der Waals surface area contributed by atoms with Crippen LogP contribution in [0.25, 0.3) is 0 Å². The van der Waals surface area contributed by atoms with Crippen LogP contribution in [0.15, 0.2) is 34.2 Å². The number of benzene rings is 1. The summed E-state index contributed by atoms with van der Waals surface area (Å²) >= 11 is 6.96. The molecule has 1 amide bonds. The summed E-state index contributed by atoms with van der Waals surface area (Å²) in [7, 11) is 0. The molecule has 0 atom stereocenters. The molecule has 0 saturated heterocycles. The van der Waals surface area contributed by atoms with Crippen LogP contribution < -0.4 is 10.9 Å². The zero-order valence-electron chi connectivity index (χ0n) is 11.6. The minimum Gasteiger partial charge on any atom is -0.325 e. The van der Waals surface area contributed by atoms with Crippen molar-refractivity contribution >= 4 is 35.0 Å². The Hall–Kier alpha value is -1.79. The van der Waals surface area contributed by atoms with Crippen LogP contribution in [0, 0.1) is 13.8 Å². The van der Waals surface area contributed by atoms with Crippen LogP contribution in [0.4, 0.5) is 5.69 Å². The summed E-state index contributed by atoms with van der Waals surface area (Å²) in [5.41, 5.74) is 1.75. The first kappa shape index (κ1) is 15.6. The number of nitrogens with zero attached hydrogens (tertiary/aromatic N) is 1. The number of carbonyl (C=O) groups excluding carboxylic acids is 1. The molecule has 0 saturated carbocycles. The summed E-state index contributed by atoms with van der Waals surface area (Å²) in [6.07, 6.45) is 0. The molecule has 2 N–H and O–H groups in total. The lowest BCUT2D eigenvalue weighted by Crippen LogP contribution is -2.17. The molecule has 0 spiro atoms. The molecule has 2 rings (SSSR count). The van der Waals surface area contributed by atoms with Crippen molar-refractivity contribution in [3.05, 3.63) is 50.9 Å². The molecule has 7 heteroatoms. The Morgan fingerprint density at radius 2 is 2.00 bits per heavy atom. The highest BCUT2D eigenvalue weighted by Crippen LogP contribution is 2.15. The second-order valence-electron chi connectivity index (χ2n) is 4.43. The van der Waals surface area contributed by atoms with Crippen LogP contribution in [-0.2, 0) is 4.79 Å². The van der Waals surface area contributed by atoms with Gasteiger partial charge in [-0.25, -0.2) is 4.98 Å². The van der Waals surface area contributed by atoms with Crippen LogP contribution in [0.5, 0.6) is 0 Å². The summed E-state index contributed by atoms with van der Waals surface area (Å²) in [6.45, 7) is 3.48. The molecule has 0 aliphatic heterocycles. The van der Waals surface area contributed by atoms with Gasteiger partial charge < -0.3 is 10.3 Å². The number of hydrogen-bond acceptors (Lipinski definition) is 4. The van der Waals surface area contributed by atoms with E-state index in [0.717, 1.165) is 0 Å². The minimum atomic E-state index is -0.178. The van der Waals surface area contributed by atoms with Crippen molar-refractivity contribution in [1.82, 2.24) is 9.97 Å². The van der Waals surface area contributed by atoms with E-state index in [-0.39, 0.29) is 17.2 Å². The summed E-state index contributed by atoms with van der Waals surface area (Å²) in [4.78, 5) is 30.3. The van der Waals surface area contributed by atoms with Crippen molar-refractivity contribution in [1.29, 1.82) is 0 Å². The third kappa shape index (κ3) is 4.34. The molecule has 2 aromatic rings. The molecule has 0 radical (unpaired) electrons. The number of nitrogens with one attached hydrogen (secondary N) is 2. The van der Waals surface area contributed by atoms with Crippen molar-refractivity contribution in [3.63, 3.8) is 0 Å². The number of rotatable bonds is 4. The van der Waals surface area contributed by atoms with Crippen molar-refractivity contribution in [2.45, 2.75) is 19.0 Å². The smallest absolute Gasteiger partial charge is 0.254 e. The van der Waals surface area contributed by atoms with E-state index in [1.54, 1.807) is 38.1 Å². The maximum atomic E-state index is 11.8. The quantitative estimate of drug-likeness (QED) is 0.670. The Balaban J connectivity index is 1.95. The molecule has 0 aliphatic carbocycles. The van der Waals surface area contributed by atoms with Crippen LogP contribution in [0.3, 0.4) is 0 Å². The Labute approximate surface area is 131 Å². The Morgan fingerprint density at radius 1 is 1.33 bits per heavy atom. The highest BCUT2D eigenvalue weighted by molar-refractivity contribution is 7.99. The number of hydrogen-bond donors (Lipinski definition) is 2. The number of aromatic amines is 1. The van der Waals surface area contributed by atoms with Gasteiger partial charge in [0, 0.05) is 22.0 Å². The fourth-order valence-electron chi connectivity index (χ4n) is 1.55. The molecular weight excluding hydrogens is 310 g/mol. The predicted molar refractivity (Wildman–Crippen MR) is 85.1 cm³/mol. The maximum absolute atomic E-state index is 11.8. The third-order valence-electron chi connectivity index (χ3n) is 2.84. The Kier molecular flexibility index (Phi) is 5.03. The molecule has 110 valence electrons. The molecule has 1 aromatic heterocycles. The molecular formula is C14H14ClN3O2S. The third-order valence-corrected chi connectivity index (χ3v) is 3.97. The summed E-state index contributed by atoms with van der Waals surface area (Å²) in [5.74, 6) is -0.0168. The first-order chi connectivity index (χ1) is 9.95. The summed E-state index contributed by atoms with van der Waals surface area (Å²) in [5, 5.41) is 3.79. The number of halogens is 1. The van der Waals surface area contributed by atoms with Crippen molar-refractivity contribution in [2.75, 3.05) is 11.1 Å². The van der Waals surface area contributed by atoms with E-state index < -0.39 is 0 Å². The van der Waals surface area contributed by atoms with Crippen molar-refractivity contribution in [2.24, 2.45) is 0 Å². The normalized spacial score (nSPS) is 10.4. The average Bonchev–Trinajstić information content (AvgIpc) is 2.45. The maximum Gasteiger partial charge on any atom is 0.254 e. The van der Waals surface area contributed by atoms with Crippen LogP contribution in [0.2, 0.25) is 5.02 Å². The lowest BCUT2D eigenvalue weighted by atomic mass is 10.3. The van der Waals surface area contributed by atoms with E-state index in [0.29, 0.717) is 27.1 Å². The zero-order chi connectivity index (χ0) is 15.4. The average molecular weight is 324 g/mol. The van der Waals surface area contributed by atoms with E-state index in [1.807, 2.05) is 0 Å². The monoisotopic (exact) mass is 323 g/mol. The van der Waals surface area contributed by atoms with Crippen LogP contribution in [0.1, 0.15) is 11.3 Å². The highest BCUT2D eigenvalue weighted by atomic mass is 35.5. The molecule has 0 aliphatic rings. The number of H-pyrrole nitrogens is 1. The second-order valence-corrected chi connectivity index (χ2v) is 5.83. The van der Waals surface area contributed by atoms with Gasteiger partial charge in [-0.2, -0.15) is 0 Å². The first-order valence-corrected chi connectivity index (χ1v) is 7.58. The molecule has 1 heterocycles. The van der Waals surface area contributed by atoms with Gasteiger partial charge in [0.05, 0.1) is 5.75 Å². The zero-order valence-corrected chi connectivity index (χ0v) is 13.1. The first-order valence-electron chi connectivity index (χ1n) is 6.21. The van der Waals surface area contributed by atoms with E-state index in [9.17, 15) is 9.59 Å². The number of amides is 1. The van der Waals surface area contributed by atoms with Gasteiger partial charge in [0.2, 0.25) is 5.91 Å². The van der Waals surface area contributed by atoms with Gasteiger partial charge in [-0.15, -0.1) is 0 Å². The van der Waals surface area contributed by atoms with Gasteiger partial charge in [0.15, 0.2) is 5.16 Å².